The van der Waals surface area contributed by atoms with E-state index in [1.807, 2.05) is 11.9 Å². The number of unbranched alkanes of at least 4 members (excludes halogenated alkanes) is 1. The van der Waals surface area contributed by atoms with Crippen LogP contribution >= 0.6 is 0 Å². The minimum absolute atomic E-state index is 0.203. The summed E-state index contributed by atoms with van der Waals surface area (Å²) in [5, 5.41) is 0. The van der Waals surface area contributed by atoms with Crippen molar-refractivity contribution in [2.45, 2.75) is 25.8 Å². The van der Waals surface area contributed by atoms with Crippen molar-refractivity contribution in [1.82, 2.24) is 10.3 Å². The highest BCUT2D eigenvalue weighted by Crippen LogP contribution is 2.00. The van der Waals surface area contributed by atoms with Crippen molar-refractivity contribution in [1.29, 1.82) is 0 Å². The van der Waals surface area contributed by atoms with Crippen LogP contribution in [0.25, 0.3) is 0 Å². The van der Waals surface area contributed by atoms with Crippen LogP contribution in [0, 0.1) is 0 Å². The number of ether oxygens (including phenoxy) is 1. The van der Waals surface area contributed by atoms with Gasteiger partial charge < -0.3 is 4.74 Å². The summed E-state index contributed by atoms with van der Waals surface area (Å²) in [6, 6.07) is -0.295. The number of amides is 1. The number of hydrogen-bond acceptors (Lipinski definition) is 4. The van der Waals surface area contributed by atoms with Crippen molar-refractivity contribution >= 4 is 5.91 Å². The van der Waals surface area contributed by atoms with E-state index in [2.05, 4.69) is 12.3 Å². The Labute approximate surface area is 85.6 Å². The largest absolute Gasteiger partial charge is 0.383 e. The lowest BCUT2D eigenvalue weighted by molar-refractivity contribution is -0.127. The molecule has 0 saturated carbocycles. The smallest absolute Gasteiger partial charge is 0.253 e. The molecule has 0 aromatic carbocycles. The van der Waals surface area contributed by atoms with Crippen molar-refractivity contribution in [2.24, 2.45) is 5.84 Å². The Bertz CT molecular complexity index is 164. The van der Waals surface area contributed by atoms with Crippen LogP contribution in [0.5, 0.6) is 0 Å². The van der Waals surface area contributed by atoms with Crippen molar-refractivity contribution in [3.63, 3.8) is 0 Å². The lowest BCUT2D eigenvalue weighted by Gasteiger charge is -2.25. The number of nitrogens with zero attached hydrogens (tertiary/aromatic N) is 1. The zero-order valence-corrected chi connectivity index (χ0v) is 9.25. The summed E-state index contributed by atoms with van der Waals surface area (Å²) in [7, 11) is 3.47. The van der Waals surface area contributed by atoms with Crippen LogP contribution in [0.15, 0.2) is 0 Å². The van der Waals surface area contributed by atoms with E-state index in [0.717, 1.165) is 19.4 Å². The van der Waals surface area contributed by atoms with Gasteiger partial charge in [-0.15, -0.1) is 0 Å². The summed E-state index contributed by atoms with van der Waals surface area (Å²) >= 11 is 0. The van der Waals surface area contributed by atoms with Crippen molar-refractivity contribution < 1.29 is 9.53 Å². The van der Waals surface area contributed by atoms with Gasteiger partial charge in [0.25, 0.3) is 5.91 Å². The molecule has 84 valence electrons. The van der Waals surface area contributed by atoms with Gasteiger partial charge in [-0.1, -0.05) is 13.3 Å². The molecule has 0 heterocycles. The Kier molecular flexibility index (Phi) is 7.37. The minimum atomic E-state index is -0.295. The van der Waals surface area contributed by atoms with E-state index in [0.29, 0.717) is 6.61 Å². The highest BCUT2D eigenvalue weighted by atomic mass is 16.5. The summed E-state index contributed by atoms with van der Waals surface area (Å²) in [5.74, 6) is 4.88. The Morgan fingerprint density at radius 1 is 1.64 bits per heavy atom. The highest BCUT2D eigenvalue weighted by Gasteiger charge is 2.21. The van der Waals surface area contributed by atoms with E-state index in [4.69, 9.17) is 10.6 Å². The highest BCUT2D eigenvalue weighted by molar-refractivity contribution is 5.81. The van der Waals surface area contributed by atoms with Gasteiger partial charge in [-0.05, 0) is 20.0 Å². The van der Waals surface area contributed by atoms with Gasteiger partial charge in [0.2, 0.25) is 0 Å². The second-order valence-electron chi connectivity index (χ2n) is 3.31. The van der Waals surface area contributed by atoms with E-state index >= 15 is 0 Å². The van der Waals surface area contributed by atoms with Crippen LogP contribution < -0.4 is 11.3 Å². The third-order valence-corrected chi connectivity index (χ3v) is 2.17. The van der Waals surface area contributed by atoms with Gasteiger partial charge in [0.15, 0.2) is 0 Å². The molecule has 0 aliphatic rings. The van der Waals surface area contributed by atoms with E-state index in [1.165, 1.54) is 0 Å². The fraction of sp³-hybridized carbons (Fsp3) is 0.889. The second-order valence-corrected chi connectivity index (χ2v) is 3.31. The molecule has 5 heteroatoms. The zero-order valence-electron chi connectivity index (χ0n) is 9.25. The van der Waals surface area contributed by atoms with Gasteiger partial charge in [0.1, 0.15) is 6.04 Å². The lowest BCUT2D eigenvalue weighted by atomic mass is 10.2. The second kappa shape index (κ2) is 7.73. The lowest BCUT2D eigenvalue weighted by Crippen LogP contribution is -2.50. The first-order chi connectivity index (χ1) is 6.67. The molecule has 0 aliphatic carbocycles. The third-order valence-electron chi connectivity index (χ3n) is 2.17. The number of hydrogen-bond donors (Lipinski definition) is 2. The molecular formula is C9H21N3O2. The summed E-state index contributed by atoms with van der Waals surface area (Å²) in [5.41, 5.74) is 2.15. The number of carbonyl (C=O) groups is 1. The fourth-order valence-corrected chi connectivity index (χ4v) is 1.22. The zero-order chi connectivity index (χ0) is 11.0. The van der Waals surface area contributed by atoms with Gasteiger partial charge in [-0.2, -0.15) is 0 Å². The molecular weight excluding hydrogens is 182 g/mol. The normalized spacial score (nSPS) is 12.9. The molecule has 0 spiro atoms. The van der Waals surface area contributed by atoms with Crippen LogP contribution in [0.2, 0.25) is 0 Å². The van der Waals surface area contributed by atoms with Gasteiger partial charge in [-0.3, -0.25) is 15.1 Å². The molecule has 1 unspecified atom stereocenters. The van der Waals surface area contributed by atoms with Gasteiger partial charge >= 0.3 is 0 Å². The Balaban J connectivity index is 4.10. The third kappa shape index (κ3) is 4.55. The van der Waals surface area contributed by atoms with Crippen molar-refractivity contribution in [3.8, 4) is 0 Å². The molecule has 0 saturated heterocycles. The number of likely N-dealkylation sites (N-methyl/N-ethyl adjacent to an activating group) is 1. The average Bonchev–Trinajstić information content (AvgIpc) is 2.21. The maximum atomic E-state index is 11.3. The van der Waals surface area contributed by atoms with Gasteiger partial charge in [0.05, 0.1) is 6.61 Å². The van der Waals surface area contributed by atoms with E-state index < -0.39 is 0 Å². The van der Waals surface area contributed by atoms with E-state index in [-0.39, 0.29) is 11.9 Å². The van der Waals surface area contributed by atoms with E-state index in [1.54, 1.807) is 7.11 Å². The summed E-state index contributed by atoms with van der Waals surface area (Å²) in [4.78, 5) is 13.3. The van der Waals surface area contributed by atoms with Crippen LogP contribution in [0.3, 0.4) is 0 Å². The number of methoxy groups -OCH3 is 1. The molecule has 0 aromatic rings. The van der Waals surface area contributed by atoms with Crippen LogP contribution in [0.4, 0.5) is 0 Å². The molecule has 0 aromatic heterocycles. The maximum Gasteiger partial charge on any atom is 0.253 e. The summed E-state index contributed by atoms with van der Waals surface area (Å²) in [6.07, 6.45) is 2.17. The molecule has 0 aliphatic heterocycles. The SMILES string of the molecule is CCCCN(C)C(COC)C(=O)NN. The molecule has 14 heavy (non-hydrogen) atoms. The summed E-state index contributed by atoms with van der Waals surface area (Å²) in [6.45, 7) is 3.35. The molecule has 1 amide bonds. The predicted octanol–water partition coefficient (Wildman–Crippen LogP) is -0.277. The topological polar surface area (TPSA) is 67.6 Å². The van der Waals surface area contributed by atoms with Crippen molar-refractivity contribution in [3.05, 3.63) is 0 Å². The maximum absolute atomic E-state index is 11.3. The molecule has 1 atom stereocenters. The number of nitrogens with one attached hydrogen (secondary N) is 1. The molecule has 5 nitrogen and oxygen atoms in total. The van der Waals surface area contributed by atoms with Crippen molar-refractivity contribution in [2.75, 3.05) is 27.3 Å². The number of rotatable bonds is 7. The minimum Gasteiger partial charge on any atom is -0.383 e. The van der Waals surface area contributed by atoms with E-state index in [9.17, 15) is 4.79 Å². The Morgan fingerprint density at radius 3 is 2.71 bits per heavy atom. The standard InChI is InChI=1S/C9H21N3O2/c1-4-5-6-12(2)8(7-14-3)9(13)11-10/h8H,4-7,10H2,1-3H3,(H,11,13). The first-order valence-corrected chi connectivity index (χ1v) is 4.87. The predicted molar refractivity (Wildman–Crippen MR) is 55.5 cm³/mol. The fourth-order valence-electron chi connectivity index (χ4n) is 1.22. The number of carbonyl (C=O) groups excluding carboxylic acids is 1. The molecule has 3 N–H and O–H groups in total. The number of nitrogens with two attached hydrogens (primary N) is 1. The average molecular weight is 203 g/mol. The first-order valence-electron chi connectivity index (χ1n) is 4.87. The first kappa shape index (κ1) is 13.4. The molecule has 0 bridgehead atoms. The monoisotopic (exact) mass is 203 g/mol. The quantitative estimate of drug-likeness (QED) is 0.339. The van der Waals surface area contributed by atoms with Crippen LogP contribution in [0.1, 0.15) is 19.8 Å². The molecule has 0 radical (unpaired) electrons. The van der Waals surface area contributed by atoms with Crippen LogP contribution in [-0.2, 0) is 9.53 Å². The molecule has 0 fully saturated rings. The summed E-state index contributed by atoms with van der Waals surface area (Å²) < 4.78 is 4.97. The molecule has 0 rings (SSSR count). The Morgan fingerprint density at radius 2 is 2.29 bits per heavy atom. The van der Waals surface area contributed by atoms with Gasteiger partial charge in [0, 0.05) is 7.11 Å². The van der Waals surface area contributed by atoms with Gasteiger partial charge in [-0.25, -0.2) is 5.84 Å². The van der Waals surface area contributed by atoms with Crippen LogP contribution in [-0.4, -0.2) is 44.2 Å². The number of hydrazine groups is 1. The Hall–Kier alpha value is -0.650.